The first-order valence-electron chi connectivity index (χ1n) is 9.20. The van der Waals surface area contributed by atoms with Crippen molar-refractivity contribution in [3.8, 4) is 22.9 Å². The fourth-order valence-electron chi connectivity index (χ4n) is 2.54. The Balaban J connectivity index is 1.39. The molecule has 0 spiro atoms. The van der Waals surface area contributed by atoms with Crippen LogP contribution in [0.5, 0.6) is 11.6 Å². The second-order valence-electron chi connectivity index (χ2n) is 6.54. The van der Waals surface area contributed by atoms with Crippen LogP contribution in [0, 0.1) is 13.8 Å². The normalized spacial score (nSPS) is 10.4. The lowest BCUT2D eigenvalue weighted by Crippen LogP contribution is -2.32. The third kappa shape index (κ3) is 6.19. The Hall–Kier alpha value is -3.12. The number of aryl methyl sites for hydroxylation is 2. The molecule has 1 N–H and O–H groups in total. The van der Waals surface area contributed by atoms with E-state index in [1.165, 1.54) is 5.56 Å². The summed E-state index contributed by atoms with van der Waals surface area (Å²) in [7, 11) is 0. The molecule has 0 aliphatic carbocycles. The maximum absolute atomic E-state index is 11.9. The maximum atomic E-state index is 11.9. The van der Waals surface area contributed by atoms with Gasteiger partial charge in [0.1, 0.15) is 12.4 Å². The number of halogens is 1. The number of hydrogen-bond donors (Lipinski definition) is 1. The summed E-state index contributed by atoms with van der Waals surface area (Å²) in [5, 5.41) is 11.4. The van der Waals surface area contributed by atoms with Crippen molar-refractivity contribution in [2.75, 3.05) is 19.8 Å². The molecule has 1 amide bonds. The number of amides is 1. The topological polar surface area (TPSA) is 73.3 Å². The first kappa shape index (κ1) is 20.6. The Bertz CT molecular complexity index is 960. The van der Waals surface area contributed by atoms with Crippen LogP contribution in [-0.4, -0.2) is 35.9 Å². The lowest BCUT2D eigenvalue weighted by molar-refractivity contribution is -0.123. The molecule has 150 valence electrons. The maximum Gasteiger partial charge on any atom is 0.258 e. The predicted octanol–water partition coefficient (Wildman–Crippen LogP) is 3.99. The van der Waals surface area contributed by atoms with E-state index in [9.17, 15) is 4.79 Å². The van der Waals surface area contributed by atoms with Gasteiger partial charge in [0.25, 0.3) is 5.91 Å². The lowest BCUT2D eigenvalue weighted by Gasteiger charge is -2.10. The van der Waals surface area contributed by atoms with E-state index in [-0.39, 0.29) is 19.1 Å². The molecule has 0 radical (unpaired) electrons. The SMILES string of the molecule is Cc1ccc(-c2ccc(OCCNC(=O)COc3cc(C)ccc3Cl)nn2)cc1. The van der Waals surface area contributed by atoms with E-state index in [2.05, 4.69) is 15.5 Å². The van der Waals surface area contributed by atoms with E-state index in [4.69, 9.17) is 21.1 Å². The molecule has 6 nitrogen and oxygen atoms in total. The Labute approximate surface area is 174 Å². The molecule has 7 heteroatoms. The summed E-state index contributed by atoms with van der Waals surface area (Å²) in [4.78, 5) is 11.9. The van der Waals surface area contributed by atoms with E-state index < -0.39 is 0 Å². The average Bonchev–Trinajstić information content (AvgIpc) is 2.73. The zero-order chi connectivity index (χ0) is 20.6. The highest BCUT2D eigenvalue weighted by molar-refractivity contribution is 6.32. The van der Waals surface area contributed by atoms with Crippen molar-refractivity contribution in [2.45, 2.75) is 13.8 Å². The monoisotopic (exact) mass is 411 g/mol. The number of nitrogens with zero attached hydrogens (tertiary/aromatic N) is 2. The standard InChI is InChI=1S/C22H22ClN3O3/c1-15-3-6-17(7-4-15)19-9-10-22(26-25-19)28-12-11-24-21(27)14-29-20-13-16(2)5-8-18(20)23/h3-10,13H,11-12,14H2,1-2H3,(H,24,27). The van der Waals surface area contributed by atoms with Crippen LogP contribution in [0.25, 0.3) is 11.3 Å². The van der Waals surface area contributed by atoms with E-state index in [0.29, 0.717) is 23.2 Å². The molecule has 0 aliphatic rings. The molecule has 0 aliphatic heterocycles. The molecule has 29 heavy (non-hydrogen) atoms. The molecule has 0 bridgehead atoms. The highest BCUT2D eigenvalue weighted by Crippen LogP contribution is 2.25. The van der Waals surface area contributed by atoms with Crippen LogP contribution in [-0.2, 0) is 4.79 Å². The molecule has 0 fully saturated rings. The van der Waals surface area contributed by atoms with Crippen LogP contribution in [0.3, 0.4) is 0 Å². The van der Waals surface area contributed by atoms with Crippen LogP contribution in [0.4, 0.5) is 0 Å². The summed E-state index contributed by atoms with van der Waals surface area (Å²) in [6, 6.07) is 17.1. The Morgan fingerprint density at radius 1 is 0.966 bits per heavy atom. The summed E-state index contributed by atoms with van der Waals surface area (Å²) in [5.74, 6) is 0.631. The van der Waals surface area contributed by atoms with Crippen molar-refractivity contribution in [1.29, 1.82) is 0 Å². The molecular formula is C22H22ClN3O3. The van der Waals surface area contributed by atoms with Gasteiger partial charge in [-0.15, -0.1) is 10.2 Å². The van der Waals surface area contributed by atoms with Crippen LogP contribution in [0.2, 0.25) is 5.02 Å². The highest BCUT2D eigenvalue weighted by Gasteiger charge is 2.07. The first-order valence-corrected chi connectivity index (χ1v) is 9.58. The zero-order valence-corrected chi connectivity index (χ0v) is 17.1. The predicted molar refractivity (Wildman–Crippen MR) is 112 cm³/mol. The lowest BCUT2D eigenvalue weighted by atomic mass is 10.1. The molecule has 0 unspecified atom stereocenters. The Kier molecular flexibility index (Phi) is 7.03. The number of nitrogens with one attached hydrogen (secondary N) is 1. The van der Waals surface area contributed by atoms with Gasteiger partial charge < -0.3 is 14.8 Å². The molecule has 0 saturated heterocycles. The third-order valence-electron chi connectivity index (χ3n) is 4.11. The van der Waals surface area contributed by atoms with Crippen molar-refractivity contribution in [3.63, 3.8) is 0 Å². The van der Waals surface area contributed by atoms with Crippen molar-refractivity contribution in [2.24, 2.45) is 0 Å². The number of carbonyl (C=O) groups excluding carboxylic acids is 1. The quantitative estimate of drug-likeness (QED) is 0.567. The van der Waals surface area contributed by atoms with Crippen molar-refractivity contribution in [3.05, 3.63) is 70.7 Å². The number of benzene rings is 2. The van der Waals surface area contributed by atoms with Crippen molar-refractivity contribution in [1.82, 2.24) is 15.5 Å². The smallest absolute Gasteiger partial charge is 0.258 e. The fraction of sp³-hybridized carbons (Fsp3) is 0.227. The molecule has 3 rings (SSSR count). The third-order valence-corrected chi connectivity index (χ3v) is 4.42. The molecule has 0 atom stereocenters. The van der Waals surface area contributed by atoms with E-state index >= 15 is 0 Å². The number of aromatic nitrogens is 2. The molecule has 2 aromatic carbocycles. The first-order chi connectivity index (χ1) is 14.0. The van der Waals surface area contributed by atoms with E-state index in [0.717, 1.165) is 16.8 Å². The van der Waals surface area contributed by atoms with Crippen LogP contribution in [0.1, 0.15) is 11.1 Å². The molecule has 1 heterocycles. The van der Waals surface area contributed by atoms with Crippen LogP contribution in [0.15, 0.2) is 54.6 Å². The summed E-state index contributed by atoms with van der Waals surface area (Å²) < 4.78 is 11.0. The number of carbonyl (C=O) groups is 1. The van der Waals surface area contributed by atoms with Crippen molar-refractivity contribution >= 4 is 17.5 Å². The summed E-state index contributed by atoms with van der Waals surface area (Å²) >= 11 is 6.04. The van der Waals surface area contributed by atoms with Gasteiger partial charge in [0.05, 0.1) is 17.3 Å². The summed E-state index contributed by atoms with van der Waals surface area (Å²) in [5.41, 5.74) is 3.97. The van der Waals surface area contributed by atoms with Gasteiger partial charge in [0.15, 0.2) is 6.61 Å². The largest absolute Gasteiger partial charge is 0.482 e. The Morgan fingerprint density at radius 2 is 1.72 bits per heavy atom. The van der Waals surface area contributed by atoms with Gasteiger partial charge >= 0.3 is 0 Å². The summed E-state index contributed by atoms with van der Waals surface area (Å²) in [6.07, 6.45) is 0. The van der Waals surface area contributed by atoms with Gasteiger partial charge in [-0.25, -0.2) is 0 Å². The van der Waals surface area contributed by atoms with Gasteiger partial charge in [-0.05, 0) is 37.6 Å². The molecule has 3 aromatic rings. The minimum Gasteiger partial charge on any atom is -0.482 e. The van der Waals surface area contributed by atoms with Crippen LogP contribution < -0.4 is 14.8 Å². The van der Waals surface area contributed by atoms with Gasteiger partial charge in [-0.3, -0.25) is 4.79 Å². The van der Waals surface area contributed by atoms with E-state index in [1.54, 1.807) is 18.2 Å². The van der Waals surface area contributed by atoms with Crippen molar-refractivity contribution < 1.29 is 14.3 Å². The molecular weight excluding hydrogens is 390 g/mol. The highest BCUT2D eigenvalue weighted by atomic mass is 35.5. The molecule has 1 aromatic heterocycles. The second kappa shape index (κ2) is 9.89. The second-order valence-corrected chi connectivity index (χ2v) is 6.95. The van der Waals surface area contributed by atoms with Crippen LogP contribution >= 0.6 is 11.6 Å². The van der Waals surface area contributed by atoms with Gasteiger partial charge in [-0.2, -0.15) is 0 Å². The van der Waals surface area contributed by atoms with E-state index in [1.807, 2.05) is 50.2 Å². The number of hydrogen-bond acceptors (Lipinski definition) is 5. The minimum atomic E-state index is -0.257. The molecule has 0 saturated carbocycles. The zero-order valence-electron chi connectivity index (χ0n) is 16.3. The average molecular weight is 412 g/mol. The number of ether oxygens (including phenoxy) is 2. The number of rotatable bonds is 8. The minimum absolute atomic E-state index is 0.117. The van der Waals surface area contributed by atoms with Gasteiger partial charge in [-0.1, -0.05) is 47.5 Å². The van der Waals surface area contributed by atoms with Gasteiger partial charge in [0.2, 0.25) is 5.88 Å². The Morgan fingerprint density at radius 3 is 2.45 bits per heavy atom. The van der Waals surface area contributed by atoms with Gasteiger partial charge in [0, 0.05) is 11.6 Å². The fourth-order valence-corrected chi connectivity index (χ4v) is 2.71. The summed E-state index contributed by atoms with van der Waals surface area (Å²) in [6.45, 7) is 4.45.